The molecule has 5 nitrogen and oxygen atoms in total. The third-order valence-corrected chi connectivity index (χ3v) is 5.92. The van der Waals surface area contributed by atoms with Gasteiger partial charge in [-0.3, -0.25) is 0 Å². The number of oxime groups is 1. The minimum atomic E-state index is -0.523. The van der Waals surface area contributed by atoms with Gasteiger partial charge < -0.3 is 14.1 Å². The van der Waals surface area contributed by atoms with Crippen LogP contribution in [0, 0.1) is 26.2 Å². The van der Waals surface area contributed by atoms with Gasteiger partial charge in [0.2, 0.25) is 0 Å². The second kappa shape index (κ2) is 8.30. The SMILES string of the molecule is COc1ccccc1C(=O)O/N=C1\CC(C)(C)Cc2c1cc(C)n2-c1cc(C)cc(C)c1. The predicted molar refractivity (Wildman–Crippen MR) is 127 cm³/mol. The van der Waals surface area contributed by atoms with E-state index in [2.05, 4.69) is 68.6 Å². The van der Waals surface area contributed by atoms with Gasteiger partial charge in [-0.15, -0.1) is 0 Å². The number of ether oxygens (including phenoxy) is 1. The van der Waals surface area contributed by atoms with Crippen LogP contribution >= 0.6 is 0 Å². The standard InChI is InChI=1S/C27H30N2O3/c1-17-11-18(2)13-20(12-17)29-19(3)14-22-23(15-27(4,5)16-24(22)29)28-32-26(30)21-9-7-8-10-25(21)31-6/h7-14H,15-16H2,1-6H3/b28-23+. The molecule has 0 aliphatic heterocycles. The molecule has 0 amide bonds. The van der Waals surface area contributed by atoms with E-state index in [4.69, 9.17) is 9.57 Å². The third-order valence-electron chi connectivity index (χ3n) is 5.92. The Bertz CT molecular complexity index is 1200. The van der Waals surface area contributed by atoms with Gasteiger partial charge in [0.05, 0.1) is 12.8 Å². The van der Waals surface area contributed by atoms with E-state index in [1.54, 1.807) is 18.2 Å². The fourth-order valence-corrected chi connectivity index (χ4v) is 4.66. The lowest BCUT2D eigenvalue weighted by atomic mass is 9.76. The van der Waals surface area contributed by atoms with Gasteiger partial charge in [-0.1, -0.05) is 37.2 Å². The van der Waals surface area contributed by atoms with Crippen LogP contribution in [0.2, 0.25) is 0 Å². The maximum Gasteiger partial charge on any atom is 0.369 e. The van der Waals surface area contributed by atoms with Crippen molar-refractivity contribution in [2.45, 2.75) is 47.5 Å². The molecule has 2 aromatic carbocycles. The van der Waals surface area contributed by atoms with Crippen molar-refractivity contribution in [3.63, 3.8) is 0 Å². The maximum absolute atomic E-state index is 12.7. The number of hydrogen-bond acceptors (Lipinski definition) is 4. The molecule has 3 aromatic rings. The van der Waals surface area contributed by atoms with Gasteiger partial charge in [-0.2, -0.15) is 0 Å². The average molecular weight is 431 g/mol. The van der Waals surface area contributed by atoms with Crippen molar-refractivity contribution in [1.29, 1.82) is 0 Å². The fourth-order valence-electron chi connectivity index (χ4n) is 4.66. The van der Waals surface area contributed by atoms with Gasteiger partial charge in [-0.25, -0.2) is 4.79 Å². The molecular formula is C27H30N2O3. The summed E-state index contributed by atoms with van der Waals surface area (Å²) < 4.78 is 7.60. The van der Waals surface area contributed by atoms with Crippen molar-refractivity contribution >= 4 is 11.7 Å². The second-order valence-electron chi connectivity index (χ2n) is 9.46. The molecule has 0 unspecified atom stereocenters. The number of carbonyl (C=O) groups is 1. The molecular weight excluding hydrogens is 400 g/mol. The van der Waals surface area contributed by atoms with Crippen molar-refractivity contribution in [3.05, 3.63) is 82.2 Å². The zero-order valence-corrected chi connectivity index (χ0v) is 19.7. The number of rotatable bonds is 4. The molecule has 5 heteroatoms. The van der Waals surface area contributed by atoms with Crippen LogP contribution in [0.15, 0.2) is 53.7 Å². The first-order valence-corrected chi connectivity index (χ1v) is 10.9. The van der Waals surface area contributed by atoms with Crippen LogP contribution in [0.5, 0.6) is 5.75 Å². The molecule has 0 N–H and O–H groups in total. The topological polar surface area (TPSA) is 52.8 Å². The Hall–Kier alpha value is -3.34. The summed E-state index contributed by atoms with van der Waals surface area (Å²) in [7, 11) is 1.53. The van der Waals surface area contributed by atoms with Gasteiger partial charge >= 0.3 is 5.97 Å². The van der Waals surface area contributed by atoms with Crippen LogP contribution in [-0.2, 0) is 11.3 Å². The van der Waals surface area contributed by atoms with E-state index in [-0.39, 0.29) is 5.41 Å². The highest BCUT2D eigenvalue weighted by Crippen LogP contribution is 2.38. The Morgan fingerprint density at radius 1 is 1.00 bits per heavy atom. The van der Waals surface area contributed by atoms with Gasteiger partial charge in [0.25, 0.3) is 0 Å². The van der Waals surface area contributed by atoms with Crippen LogP contribution in [0.1, 0.15) is 58.7 Å². The fraction of sp³-hybridized carbons (Fsp3) is 0.333. The van der Waals surface area contributed by atoms with Crippen molar-refractivity contribution < 1.29 is 14.4 Å². The molecule has 0 spiro atoms. The largest absolute Gasteiger partial charge is 0.496 e. The Balaban J connectivity index is 1.74. The quantitative estimate of drug-likeness (QED) is 0.380. The molecule has 0 saturated heterocycles. The lowest BCUT2D eigenvalue weighted by molar-refractivity contribution is 0.0510. The summed E-state index contributed by atoms with van der Waals surface area (Å²) in [4.78, 5) is 18.1. The Morgan fingerprint density at radius 3 is 2.38 bits per heavy atom. The molecule has 32 heavy (non-hydrogen) atoms. The number of benzene rings is 2. The average Bonchev–Trinajstić information content (AvgIpc) is 3.05. The first kappa shape index (κ1) is 21.9. The molecule has 0 radical (unpaired) electrons. The molecule has 0 saturated carbocycles. The predicted octanol–water partition coefficient (Wildman–Crippen LogP) is 5.94. The number of aryl methyl sites for hydroxylation is 3. The van der Waals surface area contributed by atoms with E-state index < -0.39 is 5.97 Å². The maximum atomic E-state index is 12.7. The summed E-state index contributed by atoms with van der Waals surface area (Å²) >= 11 is 0. The van der Waals surface area contributed by atoms with E-state index in [0.717, 1.165) is 35.5 Å². The lowest BCUT2D eigenvalue weighted by Gasteiger charge is -2.31. The molecule has 1 heterocycles. The molecule has 166 valence electrons. The van der Waals surface area contributed by atoms with Crippen LogP contribution in [0.4, 0.5) is 0 Å². The minimum Gasteiger partial charge on any atom is -0.496 e. The summed E-state index contributed by atoms with van der Waals surface area (Å²) in [6.45, 7) is 10.8. The zero-order chi connectivity index (χ0) is 23.0. The molecule has 1 aromatic heterocycles. The smallest absolute Gasteiger partial charge is 0.369 e. The number of aromatic nitrogens is 1. The first-order valence-electron chi connectivity index (χ1n) is 10.9. The van der Waals surface area contributed by atoms with E-state index >= 15 is 0 Å². The van der Waals surface area contributed by atoms with E-state index in [1.807, 2.05) is 6.07 Å². The second-order valence-corrected chi connectivity index (χ2v) is 9.46. The molecule has 0 bridgehead atoms. The highest BCUT2D eigenvalue weighted by Gasteiger charge is 2.34. The van der Waals surface area contributed by atoms with Crippen LogP contribution in [0.3, 0.4) is 0 Å². The van der Waals surface area contributed by atoms with Crippen LogP contribution in [-0.4, -0.2) is 23.4 Å². The lowest BCUT2D eigenvalue weighted by Crippen LogP contribution is -2.28. The summed E-state index contributed by atoms with van der Waals surface area (Å²) in [5.41, 5.74) is 8.16. The monoisotopic (exact) mass is 430 g/mol. The number of nitrogens with zero attached hydrogens (tertiary/aromatic N) is 2. The normalized spacial score (nSPS) is 16.0. The number of fused-ring (bicyclic) bond motifs is 1. The molecule has 1 aliphatic rings. The summed E-state index contributed by atoms with van der Waals surface area (Å²) in [5, 5.41) is 4.35. The molecule has 1 aliphatic carbocycles. The zero-order valence-electron chi connectivity index (χ0n) is 19.7. The van der Waals surface area contributed by atoms with Crippen molar-refractivity contribution in [2.24, 2.45) is 10.6 Å². The van der Waals surface area contributed by atoms with Crippen molar-refractivity contribution in [1.82, 2.24) is 4.57 Å². The van der Waals surface area contributed by atoms with E-state index in [1.165, 1.54) is 23.9 Å². The summed E-state index contributed by atoms with van der Waals surface area (Å²) in [5.74, 6) is -0.0514. The number of carbonyl (C=O) groups excluding carboxylic acids is 1. The molecule has 0 atom stereocenters. The Kier molecular flexibility index (Phi) is 5.68. The Morgan fingerprint density at radius 2 is 1.69 bits per heavy atom. The number of hydrogen-bond donors (Lipinski definition) is 0. The highest BCUT2D eigenvalue weighted by molar-refractivity contribution is 6.04. The third kappa shape index (κ3) is 4.20. The summed E-state index contributed by atoms with van der Waals surface area (Å²) in [6.07, 6.45) is 1.65. The van der Waals surface area contributed by atoms with Gasteiger partial charge in [0.1, 0.15) is 11.3 Å². The first-order chi connectivity index (χ1) is 15.2. The molecule has 4 rings (SSSR count). The van der Waals surface area contributed by atoms with Crippen LogP contribution < -0.4 is 4.74 Å². The van der Waals surface area contributed by atoms with Gasteiger partial charge in [0, 0.05) is 22.6 Å². The number of para-hydroxylation sites is 1. The number of methoxy groups -OCH3 is 1. The van der Waals surface area contributed by atoms with Gasteiger partial charge in [-0.05, 0) is 80.5 Å². The van der Waals surface area contributed by atoms with E-state index in [0.29, 0.717) is 11.3 Å². The van der Waals surface area contributed by atoms with E-state index in [9.17, 15) is 4.79 Å². The summed E-state index contributed by atoms with van der Waals surface area (Å²) in [6, 6.07) is 15.8. The van der Waals surface area contributed by atoms with Crippen molar-refractivity contribution in [2.75, 3.05) is 7.11 Å². The highest BCUT2D eigenvalue weighted by atomic mass is 16.7. The molecule has 0 fully saturated rings. The van der Waals surface area contributed by atoms with Crippen molar-refractivity contribution in [3.8, 4) is 11.4 Å². The minimum absolute atomic E-state index is 0.00983. The Labute approximate surface area is 189 Å². The van der Waals surface area contributed by atoms with Gasteiger partial charge in [0.15, 0.2) is 0 Å². The van der Waals surface area contributed by atoms with Crippen LogP contribution in [0.25, 0.3) is 5.69 Å².